The maximum Gasteiger partial charge on any atom is 0.135 e. The summed E-state index contributed by atoms with van der Waals surface area (Å²) in [5, 5.41) is 5.43. The second-order valence-electron chi connectivity index (χ2n) is 17.9. The zero-order valence-corrected chi connectivity index (χ0v) is 36.6. The van der Waals surface area contributed by atoms with E-state index in [0.717, 1.165) is 106 Å². The minimum atomic E-state index is -0.790. The van der Waals surface area contributed by atoms with Crippen molar-refractivity contribution >= 4 is 89.0 Å². The van der Waals surface area contributed by atoms with Crippen LogP contribution in [0.5, 0.6) is 0 Å². The number of hydrogen-bond donors (Lipinski definition) is 0. The standard InChI is InChI=1S/C63H38N2O3/c1-3-17-39(18-4-1)64(41-33-35-57-47(37-41)43-21-8-12-30-54(43)66-57)52-28-15-26-50-59(52)45-23-7-11-25-49(45)63(50)51-27-16-29-53(61(51)60-46-24-10-14-32-56(46)68-62(60)63)65(40-19-5-2-6-20-40)42-34-36-58-48(38-42)44-22-9-13-31-55(44)67-58/h1-38H. The van der Waals surface area contributed by atoms with Gasteiger partial charge in [0.1, 0.15) is 39.1 Å². The van der Waals surface area contributed by atoms with Gasteiger partial charge in [0.15, 0.2) is 0 Å². The third-order valence-electron chi connectivity index (χ3n) is 14.4. The number of hydrogen-bond acceptors (Lipinski definition) is 5. The van der Waals surface area contributed by atoms with Crippen molar-refractivity contribution in [1.82, 2.24) is 0 Å². The minimum absolute atomic E-state index is 0.790. The minimum Gasteiger partial charge on any atom is -0.459 e. The molecule has 15 rings (SSSR count). The quantitative estimate of drug-likeness (QED) is 0.167. The molecule has 5 heteroatoms. The summed E-state index contributed by atoms with van der Waals surface area (Å²) in [5.74, 6) is 0.936. The van der Waals surface area contributed by atoms with Crippen molar-refractivity contribution in [1.29, 1.82) is 0 Å². The van der Waals surface area contributed by atoms with E-state index in [4.69, 9.17) is 13.3 Å². The molecule has 3 heterocycles. The molecule has 3 aromatic heterocycles. The van der Waals surface area contributed by atoms with Gasteiger partial charge in [0.25, 0.3) is 0 Å². The predicted octanol–water partition coefficient (Wildman–Crippen LogP) is 17.5. The molecule has 68 heavy (non-hydrogen) atoms. The van der Waals surface area contributed by atoms with Crippen molar-refractivity contribution in [2.75, 3.05) is 9.80 Å². The molecule has 0 N–H and O–H groups in total. The number of fused-ring (bicyclic) bond motifs is 18. The Morgan fingerprint density at radius 2 is 0.721 bits per heavy atom. The van der Waals surface area contributed by atoms with Gasteiger partial charge in [-0.3, -0.25) is 0 Å². The molecular formula is C63H38N2O3. The van der Waals surface area contributed by atoms with Gasteiger partial charge in [0.2, 0.25) is 0 Å². The van der Waals surface area contributed by atoms with E-state index in [-0.39, 0.29) is 0 Å². The summed E-state index contributed by atoms with van der Waals surface area (Å²) in [5.41, 5.74) is 18.1. The number of furan rings is 3. The van der Waals surface area contributed by atoms with Crippen LogP contribution < -0.4 is 9.80 Å². The molecule has 5 nitrogen and oxygen atoms in total. The van der Waals surface area contributed by atoms with E-state index < -0.39 is 5.41 Å². The number of rotatable bonds is 6. The fraction of sp³-hybridized carbons (Fsp3) is 0.0159. The first-order chi connectivity index (χ1) is 33.7. The molecule has 0 radical (unpaired) electrons. The highest BCUT2D eigenvalue weighted by Gasteiger charge is 2.56. The van der Waals surface area contributed by atoms with Crippen molar-refractivity contribution < 1.29 is 13.3 Å². The molecule has 2 aliphatic rings. The highest BCUT2D eigenvalue weighted by Crippen LogP contribution is 2.68. The highest BCUT2D eigenvalue weighted by molar-refractivity contribution is 6.12. The SMILES string of the molecule is c1ccc(N(c2ccc3oc4ccccc4c3c2)c2cccc3c2-c2ccccc2C32c3cccc(N(c4ccccc4)c4ccc5oc6ccccc6c5c4)c3-c3c2oc2ccccc32)cc1. The molecule has 0 saturated carbocycles. The lowest BCUT2D eigenvalue weighted by molar-refractivity contribution is 0.507. The summed E-state index contributed by atoms with van der Waals surface area (Å²) >= 11 is 0. The van der Waals surface area contributed by atoms with E-state index in [1.54, 1.807) is 0 Å². The lowest BCUT2D eigenvalue weighted by Gasteiger charge is -2.31. The van der Waals surface area contributed by atoms with Crippen molar-refractivity contribution in [3.8, 4) is 22.3 Å². The van der Waals surface area contributed by atoms with Gasteiger partial charge in [0.05, 0.1) is 11.4 Å². The molecule has 0 bridgehead atoms. The molecule has 0 aliphatic heterocycles. The first kappa shape index (κ1) is 37.2. The van der Waals surface area contributed by atoms with Crippen LogP contribution in [0.1, 0.15) is 22.5 Å². The Hall–Kier alpha value is -9.06. The van der Waals surface area contributed by atoms with Crippen molar-refractivity contribution in [3.63, 3.8) is 0 Å². The molecule has 0 amide bonds. The molecule has 0 fully saturated rings. The van der Waals surface area contributed by atoms with Gasteiger partial charge in [-0.1, -0.05) is 140 Å². The van der Waals surface area contributed by atoms with E-state index in [1.165, 1.54) is 27.8 Å². The molecule has 0 saturated heterocycles. The fourth-order valence-corrected chi connectivity index (χ4v) is 11.7. The average molecular weight is 871 g/mol. The second-order valence-corrected chi connectivity index (χ2v) is 17.9. The Morgan fingerprint density at radius 1 is 0.279 bits per heavy atom. The van der Waals surface area contributed by atoms with Gasteiger partial charge >= 0.3 is 0 Å². The maximum atomic E-state index is 7.38. The summed E-state index contributed by atoms with van der Waals surface area (Å²) in [6, 6.07) is 82.4. The summed E-state index contributed by atoms with van der Waals surface area (Å²) in [4.78, 5) is 4.82. The molecule has 2 aliphatic carbocycles. The number of anilines is 6. The van der Waals surface area contributed by atoms with E-state index in [2.05, 4.69) is 216 Å². The molecular weight excluding hydrogens is 833 g/mol. The van der Waals surface area contributed by atoms with Crippen LogP contribution in [-0.2, 0) is 5.41 Å². The van der Waals surface area contributed by atoms with Crippen LogP contribution in [-0.4, -0.2) is 0 Å². The van der Waals surface area contributed by atoms with E-state index in [9.17, 15) is 0 Å². The Balaban J connectivity index is 1.02. The van der Waals surface area contributed by atoms with Crippen LogP contribution in [0.4, 0.5) is 34.1 Å². The summed E-state index contributed by atoms with van der Waals surface area (Å²) < 4.78 is 20.1. The van der Waals surface area contributed by atoms with Gasteiger partial charge in [0, 0.05) is 66.4 Å². The van der Waals surface area contributed by atoms with Gasteiger partial charge in [-0.2, -0.15) is 0 Å². The Labute approximate surface area is 390 Å². The van der Waals surface area contributed by atoms with E-state index >= 15 is 0 Å². The Bertz CT molecular complexity index is 4180. The summed E-state index contributed by atoms with van der Waals surface area (Å²) in [7, 11) is 0. The van der Waals surface area contributed by atoms with Crippen LogP contribution in [0, 0.1) is 0 Å². The zero-order chi connectivity index (χ0) is 44.5. The third-order valence-corrected chi connectivity index (χ3v) is 14.4. The summed E-state index contributed by atoms with van der Waals surface area (Å²) in [6.45, 7) is 0. The Kier molecular flexibility index (Phi) is 7.64. The predicted molar refractivity (Wildman–Crippen MR) is 276 cm³/mol. The van der Waals surface area contributed by atoms with Crippen molar-refractivity contribution in [2.24, 2.45) is 0 Å². The molecule has 1 unspecified atom stereocenters. The first-order valence-electron chi connectivity index (χ1n) is 23.2. The van der Waals surface area contributed by atoms with Crippen molar-refractivity contribution in [3.05, 3.63) is 253 Å². The zero-order valence-electron chi connectivity index (χ0n) is 36.6. The normalized spacial score (nSPS) is 14.5. The monoisotopic (exact) mass is 870 g/mol. The van der Waals surface area contributed by atoms with Gasteiger partial charge in [-0.25, -0.2) is 0 Å². The average Bonchev–Trinajstić information content (AvgIpc) is 4.20. The lowest BCUT2D eigenvalue weighted by Crippen LogP contribution is -2.26. The first-order valence-corrected chi connectivity index (χ1v) is 23.2. The third kappa shape index (κ3) is 4.99. The second kappa shape index (κ2) is 14.0. The van der Waals surface area contributed by atoms with Gasteiger partial charge < -0.3 is 23.1 Å². The van der Waals surface area contributed by atoms with Crippen LogP contribution in [0.2, 0.25) is 0 Å². The molecule has 10 aromatic carbocycles. The van der Waals surface area contributed by atoms with Crippen LogP contribution in [0.3, 0.4) is 0 Å². The lowest BCUT2D eigenvalue weighted by atomic mass is 9.73. The van der Waals surface area contributed by atoms with Crippen LogP contribution in [0.15, 0.2) is 244 Å². The number of benzene rings is 10. The largest absolute Gasteiger partial charge is 0.459 e. The molecule has 13 aromatic rings. The molecule has 318 valence electrons. The van der Waals surface area contributed by atoms with E-state index in [0.29, 0.717) is 0 Å². The highest BCUT2D eigenvalue weighted by atomic mass is 16.3. The molecule has 1 atom stereocenters. The van der Waals surface area contributed by atoms with Crippen LogP contribution >= 0.6 is 0 Å². The van der Waals surface area contributed by atoms with Crippen molar-refractivity contribution in [2.45, 2.75) is 5.41 Å². The number of para-hydroxylation sites is 5. The topological polar surface area (TPSA) is 45.9 Å². The Morgan fingerprint density at radius 3 is 1.31 bits per heavy atom. The van der Waals surface area contributed by atoms with E-state index in [1.807, 2.05) is 24.3 Å². The fourth-order valence-electron chi connectivity index (χ4n) is 11.7. The van der Waals surface area contributed by atoms with Crippen LogP contribution in [0.25, 0.3) is 77.1 Å². The number of nitrogens with zero attached hydrogens (tertiary/aromatic N) is 2. The summed E-state index contributed by atoms with van der Waals surface area (Å²) in [6.07, 6.45) is 0. The van der Waals surface area contributed by atoms with Gasteiger partial charge in [-0.15, -0.1) is 0 Å². The smallest absolute Gasteiger partial charge is 0.135 e. The maximum absolute atomic E-state index is 7.38. The van der Waals surface area contributed by atoms with Gasteiger partial charge in [-0.05, 0) is 113 Å². The molecule has 1 spiro atoms.